The summed E-state index contributed by atoms with van der Waals surface area (Å²) in [5, 5.41) is 2.86. The van der Waals surface area contributed by atoms with Crippen LogP contribution < -0.4 is 5.32 Å². The molecule has 1 amide bonds. The first-order valence-corrected chi connectivity index (χ1v) is 6.51. The Labute approximate surface area is 120 Å². The molecular formula is C12H12Cl2N4O. The number of amides is 1. The van der Waals surface area contributed by atoms with Gasteiger partial charge in [-0.25, -0.2) is 9.97 Å². The lowest BCUT2D eigenvalue weighted by Gasteiger charge is -2.09. The summed E-state index contributed by atoms with van der Waals surface area (Å²) in [6.07, 6.45) is 4.04. The van der Waals surface area contributed by atoms with Crippen molar-refractivity contribution >= 4 is 34.9 Å². The highest BCUT2D eigenvalue weighted by molar-refractivity contribution is 6.43. The minimum absolute atomic E-state index is 0.107. The molecule has 100 valence electrons. The second-order valence-electron chi connectivity index (χ2n) is 3.87. The summed E-state index contributed by atoms with van der Waals surface area (Å²) in [5.41, 5.74) is 0.549. The third-order valence-electron chi connectivity index (χ3n) is 2.51. The molecule has 2 rings (SSSR count). The molecular weight excluding hydrogens is 287 g/mol. The van der Waals surface area contributed by atoms with Gasteiger partial charge >= 0.3 is 0 Å². The molecule has 2 aromatic heterocycles. The minimum atomic E-state index is -0.282. The summed E-state index contributed by atoms with van der Waals surface area (Å²) in [4.78, 5) is 19.8. The Morgan fingerprint density at radius 3 is 2.95 bits per heavy atom. The van der Waals surface area contributed by atoms with Crippen LogP contribution in [0.4, 0.5) is 5.82 Å². The van der Waals surface area contributed by atoms with E-state index in [0.29, 0.717) is 5.69 Å². The maximum absolute atomic E-state index is 12.1. The zero-order chi connectivity index (χ0) is 13.8. The maximum Gasteiger partial charge on any atom is 0.273 e. The lowest BCUT2D eigenvalue weighted by molar-refractivity contribution is 0.101. The number of hydrogen-bond donors (Lipinski definition) is 1. The Morgan fingerprint density at radius 1 is 1.42 bits per heavy atom. The van der Waals surface area contributed by atoms with Crippen LogP contribution in [0, 0.1) is 0 Å². The van der Waals surface area contributed by atoms with Gasteiger partial charge in [-0.05, 0) is 18.6 Å². The third-order valence-corrected chi connectivity index (χ3v) is 3.25. The van der Waals surface area contributed by atoms with Gasteiger partial charge < -0.3 is 9.88 Å². The number of nitrogens with zero attached hydrogens (tertiary/aromatic N) is 3. The largest absolute Gasteiger partial charge is 0.344 e. The van der Waals surface area contributed by atoms with E-state index >= 15 is 0 Å². The monoisotopic (exact) mass is 298 g/mol. The minimum Gasteiger partial charge on any atom is -0.344 e. The van der Waals surface area contributed by atoms with Crippen LogP contribution in [-0.4, -0.2) is 20.4 Å². The van der Waals surface area contributed by atoms with Crippen LogP contribution >= 0.6 is 23.2 Å². The Balaban J connectivity index is 2.21. The van der Waals surface area contributed by atoms with Crippen LogP contribution in [0.5, 0.6) is 0 Å². The smallest absolute Gasteiger partial charge is 0.273 e. The van der Waals surface area contributed by atoms with E-state index in [2.05, 4.69) is 15.3 Å². The molecule has 7 heteroatoms. The Kier molecular flexibility index (Phi) is 4.39. The molecule has 0 fully saturated rings. The van der Waals surface area contributed by atoms with E-state index in [1.807, 2.05) is 23.8 Å². The van der Waals surface area contributed by atoms with Gasteiger partial charge in [-0.15, -0.1) is 0 Å². The molecule has 0 aromatic carbocycles. The van der Waals surface area contributed by atoms with Crippen molar-refractivity contribution in [2.45, 2.75) is 19.9 Å². The van der Waals surface area contributed by atoms with Crippen molar-refractivity contribution in [2.75, 3.05) is 5.32 Å². The number of nitrogens with one attached hydrogen (secondary N) is 1. The van der Waals surface area contributed by atoms with Crippen molar-refractivity contribution < 1.29 is 4.79 Å². The molecule has 2 heterocycles. The van der Waals surface area contributed by atoms with Crippen molar-refractivity contribution in [3.8, 4) is 0 Å². The van der Waals surface area contributed by atoms with Gasteiger partial charge in [0.15, 0.2) is 11.0 Å². The highest BCUT2D eigenvalue weighted by Gasteiger charge is 2.14. The van der Waals surface area contributed by atoms with Gasteiger partial charge in [-0.1, -0.05) is 30.1 Å². The van der Waals surface area contributed by atoms with Gasteiger partial charge in [0, 0.05) is 12.7 Å². The van der Waals surface area contributed by atoms with Crippen LogP contribution in [0.2, 0.25) is 10.2 Å². The molecule has 5 nitrogen and oxygen atoms in total. The van der Waals surface area contributed by atoms with Crippen molar-refractivity contribution in [2.24, 2.45) is 0 Å². The number of aryl methyl sites for hydroxylation is 1. The third kappa shape index (κ3) is 3.05. The van der Waals surface area contributed by atoms with Crippen molar-refractivity contribution in [1.82, 2.24) is 14.5 Å². The molecule has 0 aliphatic heterocycles. The fraction of sp³-hybridized carbons (Fsp3) is 0.250. The summed E-state index contributed by atoms with van der Waals surface area (Å²) in [6, 6.07) is 3.56. The fourth-order valence-corrected chi connectivity index (χ4v) is 1.94. The van der Waals surface area contributed by atoms with Gasteiger partial charge in [0.1, 0.15) is 17.0 Å². The van der Waals surface area contributed by atoms with E-state index in [-0.39, 0.29) is 21.9 Å². The molecule has 0 unspecified atom stereocenters. The van der Waals surface area contributed by atoms with Crippen molar-refractivity contribution in [3.63, 3.8) is 0 Å². The molecule has 0 atom stereocenters. The van der Waals surface area contributed by atoms with E-state index in [4.69, 9.17) is 23.2 Å². The number of anilines is 1. The molecule has 1 N–H and O–H groups in total. The van der Waals surface area contributed by atoms with Crippen LogP contribution in [0.25, 0.3) is 0 Å². The average molecular weight is 299 g/mol. The van der Waals surface area contributed by atoms with E-state index < -0.39 is 0 Å². The maximum atomic E-state index is 12.1. The van der Waals surface area contributed by atoms with Gasteiger partial charge in [0.25, 0.3) is 5.91 Å². The van der Waals surface area contributed by atoms with Gasteiger partial charge in [0.2, 0.25) is 0 Å². The molecule has 0 radical (unpaired) electrons. The number of hydrogen-bond acceptors (Lipinski definition) is 3. The van der Waals surface area contributed by atoms with Crippen LogP contribution in [0.1, 0.15) is 23.8 Å². The first-order chi connectivity index (χ1) is 9.13. The second kappa shape index (κ2) is 6.04. The van der Waals surface area contributed by atoms with Gasteiger partial charge in [-0.2, -0.15) is 0 Å². The number of halogens is 2. The first-order valence-electron chi connectivity index (χ1n) is 5.76. The number of rotatable bonds is 4. The molecule has 2 aromatic rings. The highest BCUT2D eigenvalue weighted by atomic mass is 35.5. The van der Waals surface area contributed by atoms with E-state index in [1.165, 1.54) is 6.33 Å². The fourth-order valence-electron chi connectivity index (χ4n) is 1.66. The zero-order valence-corrected chi connectivity index (χ0v) is 11.7. The lowest BCUT2D eigenvalue weighted by atomic mass is 10.3. The van der Waals surface area contributed by atoms with Crippen LogP contribution in [-0.2, 0) is 6.54 Å². The molecule has 0 aliphatic rings. The molecule has 0 saturated carbocycles. The molecule has 0 aliphatic carbocycles. The predicted molar refractivity (Wildman–Crippen MR) is 74.7 cm³/mol. The average Bonchev–Trinajstić information content (AvgIpc) is 2.84. The Bertz CT molecular complexity index is 597. The summed E-state index contributed by atoms with van der Waals surface area (Å²) < 4.78 is 1.87. The van der Waals surface area contributed by atoms with E-state index in [9.17, 15) is 4.79 Å². The Hall–Kier alpha value is -1.59. The van der Waals surface area contributed by atoms with Gasteiger partial charge in [-0.3, -0.25) is 4.79 Å². The molecule has 0 spiro atoms. The summed E-state index contributed by atoms with van der Waals surface area (Å²) in [6.45, 7) is 2.82. The Morgan fingerprint density at radius 2 is 2.21 bits per heavy atom. The topological polar surface area (TPSA) is 59.8 Å². The number of aromatic nitrogens is 3. The van der Waals surface area contributed by atoms with E-state index in [1.54, 1.807) is 6.07 Å². The molecule has 0 bridgehead atoms. The standard InChI is InChI=1S/C12H12Cl2N4O/c1-2-5-18-6-3-4-8(18)12(19)17-11-9(13)10(14)15-7-16-11/h3-4,6-7H,2,5H2,1H3,(H,15,16,17,19). The first kappa shape index (κ1) is 13.8. The molecule has 19 heavy (non-hydrogen) atoms. The number of carbonyl (C=O) groups excluding carboxylic acids is 1. The summed E-state index contributed by atoms with van der Waals surface area (Å²) >= 11 is 11.7. The second-order valence-corrected chi connectivity index (χ2v) is 4.60. The lowest BCUT2D eigenvalue weighted by Crippen LogP contribution is -2.18. The van der Waals surface area contributed by atoms with Crippen LogP contribution in [0.15, 0.2) is 24.7 Å². The van der Waals surface area contributed by atoms with Crippen LogP contribution in [0.3, 0.4) is 0 Å². The normalized spacial score (nSPS) is 10.5. The van der Waals surface area contributed by atoms with Crippen molar-refractivity contribution in [1.29, 1.82) is 0 Å². The van der Waals surface area contributed by atoms with Crippen molar-refractivity contribution in [3.05, 3.63) is 40.5 Å². The van der Waals surface area contributed by atoms with E-state index in [0.717, 1.165) is 13.0 Å². The summed E-state index contributed by atoms with van der Waals surface area (Å²) in [7, 11) is 0. The highest BCUT2D eigenvalue weighted by Crippen LogP contribution is 2.25. The predicted octanol–water partition coefficient (Wildman–Crippen LogP) is 3.25. The zero-order valence-electron chi connectivity index (χ0n) is 10.2. The SMILES string of the molecule is CCCn1cccc1C(=O)Nc1ncnc(Cl)c1Cl. The summed E-state index contributed by atoms with van der Waals surface area (Å²) in [5.74, 6) is -0.0777. The quantitative estimate of drug-likeness (QED) is 0.882. The molecule has 0 saturated heterocycles. The van der Waals surface area contributed by atoms with Gasteiger partial charge in [0.05, 0.1) is 0 Å². The number of carbonyl (C=O) groups is 1.